The van der Waals surface area contributed by atoms with Crippen molar-refractivity contribution in [3.05, 3.63) is 22.3 Å². The van der Waals surface area contributed by atoms with Gasteiger partial charge in [-0.25, -0.2) is 10.8 Å². The number of amides is 1. The predicted molar refractivity (Wildman–Crippen MR) is 75.4 cm³/mol. The van der Waals surface area contributed by atoms with E-state index in [9.17, 15) is 9.90 Å². The minimum Gasteiger partial charge on any atom is -0.394 e. The van der Waals surface area contributed by atoms with E-state index in [-0.39, 0.29) is 18.6 Å². The molecule has 1 aliphatic heterocycles. The fourth-order valence-corrected chi connectivity index (χ4v) is 2.74. The first-order valence-electron chi connectivity index (χ1n) is 6.12. The number of aliphatic hydroxyl groups is 1. The van der Waals surface area contributed by atoms with Gasteiger partial charge in [-0.05, 0) is 34.3 Å². The maximum Gasteiger partial charge on any atom is 0.258 e. The highest BCUT2D eigenvalue weighted by atomic mass is 79.9. The molecule has 2 atom stereocenters. The molecule has 0 radical (unpaired) electrons. The van der Waals surface area contributed by atoms with Crippen molar-refractivity contribution in [3.8, 4) is 0 Å². The van der Waals surface area contributed by atoms with E-state index in [0.29, 0.717) is 28.3 Å². The number of hydrogen-bond acceptors (Lipinski definition) is 5. The number of carbonyl (C=O) groups excluding carboxylic acids is 1. The summed E-state index contributed by atoms with van der Waals surface area (Å²) in [6.45, 7) is 2.65. The number of nitrogens with zero attached hydrogens (tertiary/aromatic N) is 2. The van der Waals surface area contributed by atoms with Crippen LogP contribution in [0.2, 0.25) is 0 Å². The zero-order valence-corrected chi connectivity index (χ0v) is 12.2. The molecule has 0 bridgehead atoms. The molecule has 1 aliphatic rings. The molecule has 1 saturated heterocycles. The number of hydrogen-bond donors (Lipinski definition) is 3. The van der Waals surface area contributed by atoms with Gasteiger partial charge < -0.3 is 15.4 Å². The number of nitrogen functional groups attached to an aromatic ring is 1. The van der Waals surface area contributed by atoms with Crippen LogP contribution < -0.4 is 11.3 Å². The molecule has 1 aromatic rings. The van der Waals surface area contributed by atoms with Crippen LogP contribution >= 0.6 is 15.9 Å². The topological polar surface area (TPSA) is 91.5 Å². The number of anilines is 1. The number of aliphatic hydroxyl groups excluding tert-OH is 1. The standard InChI is InChI=1S/C12H17BrN4O2/c1-7-2-3-17(10(7)6-18)12(19)9-4-8(13)5-15-11(9)16-14/h4-5,7,10,18H,2-3,6,14H2,1H3,(H,15,16). The lowest BCUT2D eigenvalue weighted by Gasteiger charge is -2.25. The maximum absolute atomic E-state index is 12.6. The van der Waals surface area contributed by atoms with Gasteiger partial charge in [-0.15, -0.1) is 0 Å². The smallest absolute Gasteiger partial charge is 0.258 e. The molecule has 4 N–H and O–H groups in total. The summed E-state index contributed by atoms with van der Waals surface area (Å²) in [5.74, 6) is 5.85. The van der Waals surface area contributed by atoms with Gasteiger partial charge in [-0.1, -0.05) is 6.92 Å². The average molecular weight is 329 g/mol. The minimum absolute atomic E-state index is 0.0281. The second-order valence-electron chi connectivity index (χ2n) is 4.71. The van der Waals surface area contributed by atoms with Gasteiger partial charge in [0.25, 0.3) is 5.91 Å². The van der Waals surface area contributed by atoms with Crippen LogP contribution in [0.1, 0.15) is 23.7 Å². The molecule has 0 saturated carbocycles. The molecule has 0 aliphatic carbocycles. The third-order valence-corrected chi connectivity index (χ3v) is 3.99. The van der Waals surface area contributed by atoms with Crippen LogP contribution in [-0.4, -0.2) is 40.1 Å². The van der Waals surface area contributed by atoms with Gasteiger partial charge >= 0.3 is 0 Å². The number of hydrazine groups is 1. The van der Waals surface area contributed by atoms with Crippen LogP contribution in [0.3, 0.4) is 0 Å². The molecule has 6 nitrogen and oxygen atoms in total. The van der Waals surface area contributed by atoms with E-state index >= 15 is 0 Å². The normalized spacial score (nSPS) is 22.6. The fourth-order valence-electron chi connectivity index (χ4n) is 2.41. The van der Waals surface area contributed by atoms with Crippen molar-refractivity contribution in [1.29, 1.82) is 0 Å². The summed E-state index contributed by atoms with van der Waals surface area (Å²) in [4.78, 5) is 18.3. The van der Waals surface area contributed by atoms with E-state index < -0.39 is 0 Å². The third kappa shape index (κ3) is 2.72. The number of likely N-dealkylation sites (tertiary alicyclic amines) is 1. The van der Waals surface area contributed by atoms with Crippen molar-refractivity contribution < 1.29 is 9.90 Å². The largest absolute Gasteiger partial charge is 0.394 e. The van der Waals surface area contributed by atoms with Crippen molar-refractivity contribution >= 4 is 27.7 Å². The number of halogens is 1. The Labute approximate surface area is 120 Å². The first-order valence-corrected chi connectivity index (χ1v) is 6.91. The summed E-state index contributed by atoms with van der Waals surface area (Å²) in [6.07, 6.45) is 2.46. The average Bonchev–Trinajstić information content (AvgIpc) is 2.78. The minimum atomic E-state index is -0.162. The molecular weight excluding hydrogens is 312 g/mol. The number of rotatable bonds is 3. The summed E-state index contributed by atoms with van der Waals surface area (Å²) in [7, 11) is 0. The van der Waals surface area contributed by atoms with Crippen LogP contribution in [-0.2, 0) is 0 Å². The lowest BCUT2D eigenvalue weighted by Crippen LogP contribution is -2.40. The fraction of sp³-hybridized carbons (Fsp3) is 0.500. The zero-order valence-electron chi connectivity index (χ0n) is 10.6. The number of pyridine rings is 1. The van der Waals surface area contributed by atoms with Gasteiger partial charge in [0, 0.05) is 17.2 Å². The predicted octanol–water partition coefficient (Wildman–Crippen LogP) is 0.973. The molecular formula is C12H17BrN4O2. The Bertz CT molecular complexity index is 483. The lowest BCUT2D eigenvalue weighted by molar-refractivity contribution is 0.0648. The summed E-state index contributed by atoms with van der Waals surface area (Å²) >= 11 is 3.30. The summed E-state index contributed by atoms with van der Waals surface area (Å²) in [5, 5.41) is 9.42. The Morgan fingerprint density at radius 2 is 2.47 bits per heavy atom. The van der Waals surface area contributed by atoms with Crippen LogP contribution in [0.25, 0.3) is 0 Å². The zero-order chi connectivity index (χ0) is 14.0. The first kappa shape index (κ1) is 14.2. The van der Waals surface area contributed by atoms with Gasteiger partial charge in [0.15, 0.2) is 5.82 Å². The van der Waals surface area contributed by atoms with Gasteiger partial charge in [0.05, 0.1) is 18.2 Å². The molecule has 2 heterocycles. The molecule has 0 spiro atoms. The number of aromatic nitrogens is 1. The van der Waals surface area contributed by atoms with E-state index in [1.54, 1.807) is 17.2 Å². The quantitative estimate of drug-likeness (QED) is 0.568. The van der Waals surface area contributed by atoms with E-state index in [1.165, 1.54) is 0 Å². The summed E-state index contributed by atoms with van der Waals surface area (Å²) in [6, 6.07) is 1.54. The highest BCUT2D eigenvalue weighted by molar-refractivity contribution is 9.10. The summed E-state index contributed by atoms with van der Waals surface area (Å²) < 4.78 is 0.711. The second-order valence-corrected chi connectivity index (χ2v) is 5.62. The van der Waals surface area contributed by atoms with E-state index in [0.717, 1.165) is 6.42 Å². The molecule has 2 unspecified atom stereocenters. The molecule has 7 heteroatoms. The van der Waals surface area contributed by atoms with Crippen molar-refractivity contribution in [2.24, 2.45) is 11.8 Å². The highest BCUT2D eigenvalue weighted by Gasteiger charge is 2.35. The molecule has 0 aromatic carbocycles. The number of carbonyl (C=O) groups is 1. The SMILES string of the molecule is CC1CCN(C(=O)c2cc(Br)cnc2NN)C1CO. The van der Waals surface area contributed by atoms with Gasteiger partial charge in [-0.2, -0.15) is 0 Å². The summed E-state index contributed by atoms with van der Waals surface area (Å²) in [5.41, 5.74) is 2.84. The lowest BCUT2D eigenvalue weighted by atomic mass is 10.0. The van der Waals surface area contributed by atoms with E-state index in [2.05, 4.69) is 26.3 Å². The van der Waals surface area contributed by atoms with Crippen LogP contribution in [0, 0.1) is 5.92 Å². The van der Waals surface area contributed by atoms with Crippen LogP contribution in [0.5, 0.6) is 0 Å². The molecule has 19 heavy (non-hydrogen) atoms. The Kier molecular flexibility index (Phi) is 4.38. The Balaban J connectivity index is 2.31. The number of nitrogens with two attached hydrogens (primary N) is 1. The van der Waals surface area contributed by atoms with E-state index in [1.807, 2.05) is 6.92 Å². The maximum atomic E-state index is 12.6. The number of nitrogens with one attached hydrogen (secondary N) is 1. The Hall–Kier alpha value is -1.18. The Morgan fingerprint density at radius 3 is 3.11 bits per heavy atom. The molecule has 1 fully saturated rings. The van der Waals surface area contributed by atoms with Crippen molar-refractivity contribution in [2.75, 3.05) is 18.6 Å². The van der Waals surface area contributed by atoms with E-state index in [4.69, 9.17) is 5.84 Å². The van der Waals surface area contributed by atoms with Crippen LogP contribution in [0.15, 0.2) is 16.7 Å². The Morgan fingerprint density at radius 1 is 1.74 bits per heavy atom. The monoisotopic (exact) mass is 328 g/mol. The molecule has 1 amide bonds. The molecule has 1 aromatic heterocycles. The molecule has 2 rings (SSSR count). The van der Waals surface area contributed by atoms with Gasteiger partial charge in [0.2, 0.25) is 0 Å². The third-order valence-electron chi connectivity index (χ3n) is 3.55. The molecule has 104 valence electrons. The van der Waals surface area contributed by atoms with Crippen molar-refractivity contribution in [1.82, 2.24) is 9.88 Å². The van der Waals surface area contributed by atoms with Crippen molar-refractivity contribution in [2.45, 2.75) is 19.4 Å². The van der Waals surface area contributed by atoms with Gasteiger partial charge in [-0.3, -0.25) is 4.79 Å². The van der Waals surface area contributed by atoms with Crippen LogP contribution in [0.4, 0.5) is 5.82 Å². The van der Waals surface area contributed by atoms with Gasteiger partial charge in [0.1, 0.15) is 0 Å². The second kappa shape index (κ2) is 5.85. The van der Waals surface area contributed by atoms with Crippen molar-refractivity contribution in [3.63, 3.8) is 0 Å². The first-order chi connectivity index (χ1) is 9.08. The highest BCUT2D eigenvalue weighted by Crippen LogP contribution is 2.27.